The summed E-state index contributed by atoms with van der Waals surface area (Å²) in [4.78, 5) is 17.8. The third-order valence-corrected chi connectivity index (χ3v) is 4.78. The van der Waals surface area contributed by atoms with E-state index in [1.807, 2.05) is 41.4 Å². The van der Waals surface area contributed by atoms with Gasteiger partial charge in [0, 0.05) is 36.6 Å². The van der Waals surface area contributed by atoms with Gasteiger partial charge in [-0.25, -0.2) is 0 Å². The average molecular weight is 320 g/mol. The lowest BCUT2D eigenvalue weighted by molar-refractivity contribution is -0.131. The van der Waals surface area contributed by atoms with Gasteiger partial charge in [0.1, 0.15) is 5.75 Å². The molecular formula is C20H20N2O2. The molecule has 0 saturated carbocycles. The van der Waals surface area contributed by atoms with E-state index < -0.39 is 0 Å². The first kappa shape index (κ1) is 14.8. The van der Waals surface area contributed by atoms with E-state index in [0.717, 1.165) is 41.7 Å². The van der Waals surface area contributed by atoms with Gasteiger partial charge in [-0.05, 0) is 41.3 Å². The van der Waals surface area contributed by atoms with Gasteiger partial charge in [0.25, 0.3) is 0 Å². The van der Waals surface area contributed by atoms with Gasteiger partial charge in [-0.15, -0.1) is 0 Å². The summed E-state index contributed by atoms with van der Waals surface area (Å²) in [6, 6.07) is 14.3. The number of rotatable bonds is 4. The molecule has 0 saturated heterocycles. The Morgan fingerprint density at radius 3 is 2.62 bits per heavy atom. The highest BCUT2D eigenvalue weighted by atomic mass is 16.5. The SMILES string of the molecule is COc1ccc2[nH]cc(CCC(=O)N3Cc4ccccc4C3)c2c1. The summed E-state index contributed by atoms with van der Waals surface area (Å²) in [5.74, 6) is 1.05. The van der Waals surface area contributed by atoms with Crippen molar-refractivity contribution in [3.8, 4) is 5.75 Å². The van der Waals surface area contributed by atoms with Crippen LogP contribution in [0.2, 0.25) is 0 Å². The first-order chi connectivity index (χ1) is 11.7. The molecule has 3 aromatic rings. The molecule has 0 atom stereocenters. The van der Waals surface area contributed by atoms with Crippen LogP contribution < -0.4 is 4.74 Å². The molecule has 2 aromatic carbocycles. The first-order valence-corrected chi connectivity index (χ1v) is 8.23. The van der Waals surface area contributed by atoms with E-state index in [0.29, 0.717) is 6.42 Å². The molecule has 0 bridgehead atoms. The van der Waals surface area contributed by atoms with Crippen molar-refractivity contribution in [1.82, 2.24) is 9.88 Å². The minimum absolute atomic E-state index is 0.212. The van der Waals surface area contributed by atoms with Crippen molar-refractivity contribution in [3.63, 3.8) is 0 Å². The number of aromatic nitrogens is 1. The Kier molecular flexibility index (Phi) is 3.73. The number of carbonyl (C=O) groups excluding carboxylic acids is 1. The molecule has 0 unspecified atom stereocenters. The van der Waals surface area contributed by atoms with Gasteiger partial charge in [0.05, 0.1) is 7.11 Å². The van der Waals surface area contributed by atoms with Crippen molar-refractivity contribution >= 4 is 16.8 Å². The molecule has 0 radical (unpaired) electrons. The van der Waals surface area contributed by atoms with E-state index in [1.165, 1.54) is 11.1 Å². The Morgan fingerprint density at radius 2 is 1.92 bits per heavy atom. The summed E-state index contributed by atoms with van der Waals surface area (Å²) in [6.45, 7) is 1.47. The van der Waals surface area contributed by atoms with E-state index in [1.54, 1.807) is 7.11 Å². The fourth-order valence-corrected chi connectivity index (χ4v) is 3.40. The summed E-state index contributed by atoms with van der Waals surface area (Å²) >= 11 is 0. The molecule has 4 nitrogen and oxygen atoms in total. The molecule has 0 spiro atoms. The van der Waals surface area contributed by atoms with Crippen molar-refractivity contribution in [2.24, 2.45) is 0 Å². The second-order valence-corrected chi connectivity index (χ2v) is 6.24. The number of hydrogen-bond donors (Lipinski definition) is 1. The fraction of sp³-hybridized carbons (Fsp3) is 0.250. The number of methoxy groups -OCH3 is 1. The van der Waals surface area contributed by atoms with Gasteiger partial charge in [-0.2, -0.15) is 0 Å². The Labute approximate surface area is 141 Å². The Morgan fingerprint density at radius 1 is 1.17 bits per heavy atom. The maximum atomic E-state index is 12.6. The molecule has 1 aliphatic rings. The molecule has 0 fully saturated rings. The minimum atomic E-state index is 0.212. The molecular weight excluding hydrogens is 300 g/mol. The maximum Gasteiger partial charge on any atom is 0.223 e. The maximum absolute atomic E-state index is 12.6. The second-order valence-electron chi connectivity index (χ2n) is 6.24. The molecule has 1 N–H and O–H groups in total. The standard InChI is InChI=1S/C20H20N2O2/c1-24-17-7-8-19-18(10-17)14(11-21-19)6-9-20(23)22-12-15-4-2-3-5-16(15)13-22/h2-5,7-8,10-11,21H,6,9,12-13H2,1H3. The number of aryl methyl sites for hydroxylation is 1. The van der Waals surface area contributed by atoms with Gasteiger partial charge in [-0.1, -0.05) is 24.3 Å². The molecule has 2 heterocycles. The highest BCUT2D eigenvalue weighted by Crippen LogP contribution is 2.26. The topological polar surface area (TPSA) is 45.3 Å². The predicted molar refractivity (Wildman–Crippen MR) is 93.9 cm³/mol. The summed E-state index contributed by atoms with van der Waals surface area (Å²) in [5, 5.41) is 1.13. The molecule has 4 heteroatoms. The number of hydrogen-bond acceptors (Lipinski definition) is 2. The number of nitrogens with zero attached hydrogens (tertiary/aromatic N) is 1. The van der Waals surface area contributed by atoms with Gasteiger partial charge in [-0.3, -0.25) is 4.79 Å². The summed E-state index contributed by atoms with van der Waals surface area (Å²) in [6.07, 6.45) is 3.26. The number of amides is 1. The summed E-state index contributed by atoms with van der Waals surface area (Å²) in [5.41, 5.74) is 4.77. The Bertz CT molecular complexity index is 873. The van der Waals surface area contributed by atoms with E-state index in [2.05, 4.69) is 17.1 Å². The predicted octanol–water partition coefficient (Wildman–Crippen LogP) is 3.65. The Hall–Kier alpha value is -2.75. The van der Waals surface area contributed by atoms with Gasteiger partial charge < -0.3 is 14.6 Å². The van der Waals surface area contributed by atoms with Crippen LogP contribution >= 0.6 is 0 Å². The van der Waals surface area contributed by atoms with E-state index in [-0.39, 0.29) is 5.91 Å². The number of nitrogens with one attached hydrogen (secondary N) is 1. The van der Waals surface area contributed by atoms with Crippen LogP contribution in [-0.4, -0.2) is 22.9 Å². The van der Waals surface area contributed by atoms with Crippen molar-refractivity contribution in [2.75, 3.05) is 7.11 Å². The normalized spacial score (nSPS) is 13.3. The number of ether oxygens (including phenoxy) is 1. The van der Waals surface area contributed by atoms with Crippen molar-refractivity contribution in [2.45, 2.75) is 25.9 Å². The number of H-pyrrole nitrogens is 1. The number of carbonyl (C=O) groups is 1. The quantitative estimate of drug-likeness (QED) is 0.797. The molecule has 0 aliphatic carbocycles. The summed E-state index contributed by atoms with van der Waals surface area (Å²) < 4.78 is 5.30. The molecule has 24 heavy (non-hydrogen) atoms. The van der Waals surface area contributed by atoms with Crippen molar-refractivity contribution < 1.29 is 9.53 Å². The van der Waals surface area contributed by atoms with Gasteiger partial charge >= 0.3 is 0 Å². The zero-order valence-corrected chi connectivity index (χ0v) is 13.7. The average Bonchev–Trinajstić information content (AvgIpc) is 3.23. The molecule has 122 valence electrons. The van der Waals surface area contributed by atoms with Crippen LogP contribution in [-0.2, 0) is 24.3 Å². The summed E-state index contributed by atoms with van der Waals surface area (Å²) in [7, 11) is 1.67. The molecule has 1 amide bonds. The largest absolute Gasteiger partial charge is 0.497 e. The lowest BCUT2D eigenvalue weighted by Crippen LogP contribution is -2.25. The van der Waals surface area contributed by atoms with Crippen LogP contribution in [0.4, 0.5) is 0 Å². The van der Waals surface area contributed by atoms with E-state index >= 15 is 0 Å². The molecule has 4 rings (SSSR count). The lowest BCUT2D eigenvalue weighted by Gasteiger charge is -2.15. The monoisotopic (exact) mass is 320 g/mol. The first-order valence-electron chi connectivity index (χ1n) is 8.23. The van der Waals surface area contributed by atoms with Crippen molar-refractivity contribution in [1.29, 1.82) is 0 Å². The third-order valence-electron chi connectivity index (χ3n) is 4.78. The van der Waals surface area contributed by atoms with Gasteiger partial charge in [0.2, 0.25) is 5.91 Å². The van der Waals surface area contributed by atoms with Crippen LogP contribution in [0.15, 0.2) is 48.7 Å². The highest BCUT2D eigenvalue weighted by molar-refractivity contribution is 5.85. The highest BCUT2D eigenvalue weighted by Gasteiger charge is 2.22. The van der Waals surface area contributed by atoms with E-state index in [4.69, 9.17) is 4.74 Å². The Balaban J connectivity index is 1.45. The van der Waals surface area contributed by atoms with Crippen LogP contribution in [0, 0.1) is 0 Å². The fourth-order valence-electron chi connectivity index (χ4n) is 3.40. The lowest BCUT2D eigenvalue weighted by atomic mass is 10.1. The number of benzene rings is 2. The van der Waals surface area contributed by atoms with Crippen LogP contribution in [0.1, 0.15) is 23.1 Å². The van der Waals surface area contributed by atoms with Crippen LogP contribution in [0.5, 0.6) is 5.75 Å². The third kappa shape index (κ3) is 2.64. The van der Waals surface area contributed by atoms with Crippen LogP contribution in [0.3, 0.4) is 0 Å². The molecule has 1 aliphatic heterocycles. The zero-order valence-electron chi connectivity index (χ0n) is 13.7. The smallest absolute Gasteiger partial charge is 0.223 e. The van der Waals surface area contributed by atoms with Crippen molar-refractivity contribution in [3.05, 3.63) is 65.4 Å². The minimum Gasteiger partial charge on any atom is -0.497 e. The zero-order chi connectivity index (χ0) is 16.5. The number of fused-ring (bicyclic) bond motifs is 2. The van der Waals surface area contributed by atoms with Crippen LogP contribution in [0.25, 0.3) is 10.9 Å². The number of aromatic amines is 1. The van der Waals surface area contributed by atoms with Gasteiger partial charge in [0.15, 0.2) is 0 Å². The van der Waals surface area contributed by atoms with E-state index in [9.17, 15) is 4.79 Å². The second kappa shape index (κ2) is 6.04. The molecule has 1 aromatic heterocycles.